The molecular formula is C26H46N6O4S. The average molecular weight is 539 g/mol. The van der Waals surface area contributed by atoms with Crippen LogP contribution >= 0.6 is 11.8 Å². The molecular weight excluding hydrogens is 492 g/mol. The molecule has 4 heterocycles. The number of thioether (sulfide) groups is 1. The van der Waals surface area contributed by atoms with Gasteiger partial charge in [-0.25, -0.2) is 0 Å². The standard InChI is InChI=1S/C26H46N6O4S/c1-30(2)22(34)15-31(3)21-8-9-27-26(29-21)28-18-6-4-17(5-7-18)19-16-37-25-20(33)14-23(36-24(19)25)32-10-12-35-13-11-32/h17-19,21,23-29H,4-16H2,1-3H3. The number of ether oxygens (including phenoxy) is 2. The molecule has 6 unspecified atom stereocenters. The molecule has 0 radical (unpaired) electrons. The Bertz CT molecular complexity index is 791. The van der Waals surface area contributed by atoms with Crippen molar-refractivity contribution in [3.63, 3.8) is 0 Å². The molecule has 1 amide bonds. The number of carbonyl (C=O) groups excluding carboxylic acids is 2. The van der Waals surface area contributed by atoms with Crippen LogP contribution in [0.15, 0.2) is 0 Å². The highest BCUT2D eigenvalue weighted by Crippen LogP contribution is 2.46. The highest BCUT2D eigenvalue weighted by atomic mass is 32.2. The van der Waals surface area contributed by atoms with Crippen molar-refractivity contribution >= 4 is 23.5 Å². The van der Waals surface area contributed by atoms with Crippen LogP contribution in [0.3, 0.4) is 0 Å². The molecule has 5 aliphatic rings. The lowest BCUT2D eigenvalue weighted by atomic mass is 9.75. The van der Waals surface area contributed by atoms with Crippen LogP contribution in [-0.2, 0) is 19.1 Å². The van der Waals surface area contributed by atoms with Crippen molar-refractivity contribution in [3.05, 3.63) is 0 Å². The van der Waals surface area contributed by atoms with E-state index in [0.29, 0.717) is 36.6 Å². The fourth-order valence-electron chi connectivity index (χ4n) is 6.65. The number of hydrogen-bond acceptors (Lipinski definition) is 10. The smallest absolute Gasteiger partial charge is 0.236 e. The largest absolute Gasteiger partial charge is 0.379 e. The van der Waals surface area contributed by atoms with Crippen molar-refractivity contribution < 1.29 is 19.1 Å². The van der Waals surface area contributed by atoms with E-state index in [1.807, 2.05) is 18.8 Å². The van der Waals surface area contributed by atoms with Crippen LogP contribution < -0.4 is 16.0 Å². The first-order valence-electron chi connectivity index (χ1n) is 14.2. The average Bonchev–Trinajstić information content (AvgIpc) is 3.34. The van der Waals surface area contributed by atoms with Crippen molar-refractivity contribution in [2.24, 2.45) is 11.8 Å². The SMILES string of the molecule is CN(C)C(=O)CN(C)C1CCNC(NC2CCC(C3CSC4C(=O)CC(N5CCOCC5)OC43)CC2)N1. The molecule has 4 saturated heterocycles. The third-order valence-electron chi connectivity index (χ3n) is 8.97. The summed E-state index contributed by atoms with van der Waals surface area (Å²) in [6.07, 6.45) is 6.36. The van der Waals surface area contributed by atoms with Crippen LogP contribution in [0.1, 0.15) is 38.5 Å². The molecule has 4 aliphatic heterocycles. The molecule has 0 aromatic heterocycles. The second-order valence-electron chi connectivity index (χ2n) is 11.6. The highest BCUT2D eigenvalue weighted by molar-refractivity contribution is 8.01. The number of nitrogens with one attached hydrogen (secondary N) is 3. The molecule has 5 rings (SSSR count). The fraction of sp³-hybridized carbons (Fsp3) is 0.923. The molecule has 0 spiro atoms. The maximum Gasteiger partial charge on any atom is 0.236 e. The van der Waals surface area contributed by atoms with Crippen LogP contribution in [0, 0.1) is 11.8 Å². The van der Waals surface area contributed by atoms with E-state index in [-0.39, 0.29) is 35.9 Å². The number of nitrogens with zero attached hydrogens (tertiary/aromatic N) is 3. The molecule has 0 aromatic carbocycles. The van der Waals surface area contributed by atoms with E-state index in [2.05, 4.69) is 25.8 Å². The second kappa shape index (κ2) is 12.6. The summed E-state index contributed by atoms with van der Waals surface area (Å²) >= 11 is 1.84. The summed E-state index contributed by atoms with van der Waals surface area (Å²) in [5.74, 6) is 2.65. The van der Waals surface area contributed by atoms with Crippen LogP contribution in [0.25, 0.3) is 0 Å². The zero-order valence-corrected chi connectivity index (χ0v) is 23.5. The number of hydrogen-bond donors (Lipinski definition) is 3. The minimum absolute atomic E-state index is 0.0297. The van der Waals surface area contributed by atoms with Crippen molar-refractivity contribution in [2.45, 2.75) is 74.6 Å². The fourth-order valence-corrected chi connectivity index (χ4v) is 8.28. The third kappa shape index (κ3) is 6.69. The van der Waals surface area contributed by atoms with E-state index in [4.69, 9.17) is 9.47 Å². The number of fused-ring (bicyclic) bond motifs is 1. The van der Waals surface area contributed by atoms with Crippen molar-refractivity contribution in [2.75, 3.05) is 66.3 Å². The van der Waals surface area contributed by atoms with Crippen molar-refractivity contribution in [1.29, 1.82) is 0 Å². The second-order valence-corrected chi connectivity index (χ2v) is 12.8. The number of ketones is 1. The molecule has 210 valence electrons. The van der Waals surface area contributed by atoms with E-state index >= 15 is 0 Å². The molecule has 5 fully saturated rings. The first-order valence-corrected chi connectivity index (χ1v) is 15.2. The van der Waals surface area contributed by atoms with E-state index < -0.39 is 0 Å². The Morgan fingerprint density at radius 2 is 1.89 bits per heavy atom. The predicted molar refractivity (Wildman–Crippen MR) is 144 cm³/mol. The summed E-state index contributed by atoms with van der Waals surface area (Å²) < 4.78 is 12.2. The summed E-state index contributed by atoms with van der Waals surface area (Å²) in [5, 5.41) is 11.0. The molecule has 0 bridgehead atoms. The summed E-state index contributed by atoms with van der Waals surface area (Å²) in [6.45, 7) is 4.51. The van der Waals surface area contributed by atoms with Gasteiger partial charge >= 0.3 is 0 Å². The number of carbonyl (C=O) groups is 2. The van der Waals surface area contributed by atoms with E-state index in [1.54, 1.807) is 19.0 Å². The molecule has 10 nitrogen and oxygen atoms in total. The van der Waals surface area contributed by atoms with Gasteiger partial charge in [0, 0.05) is 46.2 Å². The van der Waals surface area contributed by atoms with Gasteiger partial charge in [-0.1, -0.05) is 0 Å². The van der Waals surface area contributed by atoms with E-state index in [0.717, 1.165) is 57.9 Å². The monoisotopic (exact) mass is 538 g/mol. The number of morpholine rings is 1. The molecule has 3 N–H and O–H groups in total. The summed E-state index contributed by atoms with van der Waals surface area (Å²) in [7, 11) is 5.62. The van der Waals surface area contributed by atoms with Gasteiger partial charge in [-0.3, -0.25) is 35.3 Å². The normalized spacial score (nSPS) is 39.5. The Balaban J connectivity index is 1.09. The van der Waals surface area contributed by atoms with Gasteiger partial charge in [-0.15, -0.1) is 11.8 Å². The topological polar surface area (TPSA) is 98.4 Å². The molecule has 37 heavy (non-hydrogen) atoms. The van der Waals surface area contributed by atoms with Gasteiger partial charge in [0.1, 0.15) is 12.5 Å². The Hall–Kier alpha value is -0.790. The quantitative estimate of drug-likeness (QED) is 0.414. The van der Waals surface area contributed by atoms with Crippen LogP contribution in [0.4, 0.5) is 0 Å². The van der Waals surface area contributed by atoms with Gasteiger partial charge in [0.2, 0.25) is 5.91 Å². The maximum absolute atomic E-state index is 13.0. The Morgan fingerprint density at radius 1 is 1.14 bits per heavy atom. The lowest BCUT2D eigenvalue weighted by Crippen LogP contribution is -2.66. The van der Waals surface area contributed by atoms with E-state index in [1.165, 1.54) is 12.8 Å². The minimum Gasteiger partial charge on any atom is -0.379 e. The van der Waals surface area contributed by atoms with Gasteiger partial charge < -0.3 is 14.4 Å². The Morgan fingerprint density at radius 3 is 2.62 bits per heavy atom. The van der Waals surface area contributed by atoms with Gasteiger partial charge in [0.15, 0.2) is 5.78 Å². The van der Waals surface area contributed by atoms with Gasteiger partial charge in [0.25, 0.3) is 0 Å². The van der Waals surface area contributed by atoms with Crippen LogP contribution in [0.2, 0.25) is 0 Å². The molecule has 6 atom stereocenters. The zero-order chi connectivity index (χ0) is 25.9. The molecule has 11 heteroatoms. The van der Waals surface area contributed by atoms with E-state index in [9.17, 15) is 9.59 Å². The van der Waals surface area contributed by atoms with Gasteiger partial charge in [0.05, 0.1) is 37.3 Å². The highest BCUT2D eigenvalue weighted by Gasteiger charge is 2.50. The van der Waals surface area contributed by atoms with Crippen molar-refractivity contribution in [1.82, 2.24) is 30.7 Å². The summed E-state index contributed by atoms with van der Waals surface area (Å²) in [5.41, 5.74) is 0. The maximum atomic E-state index is 13.0. The lowest BCUT2D eigenvalue weighted by molar-refractivity contribution is -0.170. The third-order valence-corrected chi connectivity index (χ3v) is 10.4. The van der Waals surface area contributed by atoms with Crippen molar-refractivity contribution in [3.8, 4) is 0 Å². The minimum atomic E-state index is -0.0700. The Kier molecular flexibility index (Phi) is 9.45. The molecule has 1 aliphatic carbocycles. The first kappa shape index (κ1) is 27.8. The molecule has 0 aromatic rings. The predicted octanol–water partition coefficient (Wildman–Crippen LogP) is 0.0953. The van der Waals surface area contributed by atoms with Gasteiger partial charge in [-0.2, -0.15) is 0 Å². The number of likely N-dealkylation sites (N-methyl/N-ethyl adjacent to an activating group) is 2. The summed E-state index contributed by atoms with van der Waals surface area (Å²) in [4.78, 5) is 31.2. The number of Topliss-reactive ketones (excluding diaryl/α,β-unsaturated/α-hetero) is 1. The van der Waals surface area contributed by atoms with Crippen LogP contribution in [-0.4, -0.2) is 129 Å². The summed E-state index contributed by atoms with van der Waals surface area (Å²) in [6, 6.07) is 0.466. The zero-order valence-electron chi connectivity index (χ0n) is 22.7. The number of rotatable bonds is 7. The molecule has 1 saturated carbocycles. The Labute approximate surface area is 225 Å². The van der Waals surface area contributed by atoms with Gasteiger partial charge in [-0.05, 0) is 56.7 Å². The first-order chi connectivity index (χ1) is 17.9. The number of amides is 1. The lowest BCUT2D eigenvalue weighted by Gasteiger charge is -2.43. The van der Waals surface area contributed by atoms with Crippen LogP contribution in [0.5, 0.6) is 0 Å².